The fourth-order valence-electron chi connectivity index (χ4n) is 2.27. The van der Waals surface area contributed by atoms with E-state index in [9.17, 15) is 14.0 Å². The zero-order valence-corrected chi connectivity index (χ0v) is 13.2. The molecule has 0 spiro atoms. The number of hydrogen-bond acceptors (Lipinski definition) is 2. The molecular weight excluding hydrogens is 295 g/mol. The van der Waals surface area contributed by atoms with Crippen LogP contribution >= 0.6 is 0 Å². The minimum atomic E-state index is -0.386. The van der Waals surface area contributed by atoms with E-state index in [4.69, 9.17) is 0 Å². The second-order valence-corrected chi connectivity index (χ2v) is 5.40. The Hall–Kier alpha value is -2.69. The van der Waals surface area contributed by atoms with E-state index in [2.05, 4.69) is 10.6 Å². The molecule has 0 saturated carbocycles. The Labute approximate surface area is 134 Å². The Balaban J connectivity index is 1.85. The van der Waals surface area contributed by atoms with Gasteiger partial charge in [-0.1, -0.05) is 30.3 Å². The first-order valence-electron chi connectivity index (χ1n) is 7.33. The fourth-order valence-corrected chi connectivity index (χ4v) is 2.27. The average molecular weight is 314 g/mol. The molecule has 23 heavy (non-hydrogen) atoms. The highest BCUT2D eigenvalue weighted by molar-refractivity contribution is 5.95. The maximum Gasteiger partial charge on any atom is 0.243 e. The van der Waals surface area contributed by atoms with Crippen LogP contribution in [0.4, 0.5) is 10.1 Å². The van der Waals surface area contributed by atoms with Crippen molar-refractivity contribution in [2.24, 2.45) is 0 Å². The molecular formula is C18H19FN2O2. The molecule has 2 aromatic rings. The van der Waals surface area contributed by atoms with Gasteiger partial charge in [0.25, 0.3) is 0 Å². The van der Waals surface area contributed by atoms with Crippen molar-refractivity contribution < 1.29 is 14.0 Å². The van der Waals surface area contributed by atoms with Crippen molar-refractivity contribution in [3.63, 3.8) is 0 Å². The van der Waals surface area contributed by atoms with Crippen molar-refractivity contribution >= 4 is 17.5 Å². The minimum Gasteiger partial charge on any atom is -0.347 e. The molecule has 0 radical (unpaired) electrons. The lowest BCUT2D eigenvalue weighted by Crippen LogP contribution is -2.34. The zero-order valence-electron chi connectivity index (χ0n) is 13.2. The smallest absolute Gasteiger partial charge is 0.243 e. The van der Waals surface area contributed by atoms with Crippen molar-refractivity contribution in [3.8, 4) is 0 Å². The van der Waals surface area contributed by atoms with Gasteiger partial charge in [0.05, 0.1) is 13.0 Å². The summed E-state index contributed by atoms with van der Waals surface area (Å²) in [6.45, 7) is 3.69. The van der Waals surface area contributed by atoms with Gasteiger partial charge in [-0.25, -0.2) is 4.39 Å². The van der Waals surface area contributed by atoms with Crippen molar-refractivity contribution in [2.75, 3.05) is 11.9 Å². The third-order valence-corrected chi connectivity index (χ3v) is 3.45. The summed E-state index contributed by atoms with van der Waals surface area (Å²) in [6, 6.07) is 11.6. The standard InChI is InChI=1S/C18H19FN2O2/c1-12-5-3-6-13(2)18(12)21-17(23)11-20-16(22)10-14-7-4-8-15(19)9-14/h3-9H,10-11H2,1-2H3,(H,20,22)(H,21,23). The van der Waals surface area contributed by atoms with Crippen LogP contribution in [0, 0.1) is 19.7 Å². The van der Waals surface area contributed by atoms with Gasteiger partial charge < -0.3 is 10.6 Å². The quantitative estimate of drug-likeness (QED) is 0.891. The summed E-state index contributed by atoms with van der Waals surface area (Å²) in [4.78, 5) is 23.7. The largest absolute Gasteiger partial charge is 0.347 e. The number of rotatable bonds is 5. The van der Waals surface area contributed by atoms with Gasteiger partial charge in [0.2, 0.25) is 11.8 Å². The summed E-state index contributed by atoms with van der Waals surface area (Å²) < 4.78 is 13.1. The van der Waals surface area contributed by atoms with Crippen LogP contribution in [-0.2, 0) is 16.0 Å². The van der Waals surface area contributed by atoms with E-state index >= 15 is 0 Å². The number of para-hydroxylation sites is 1. The predicted molar refractivity (Wildman–Crippen MR) is 87.7 cm³/mol. The number of nitrogens with one attached hydrogen (secondary N) is 2. The Bertz CT molecular complexity index is 708. The van der Waals surface area contributed by atoms with E-state index in [0.717, 1.165) is 16.8 Å². The summed E-state index contributed by atoms with van der Waals surface area (Å²) in [6.07, 6.45) is 0.0361. The highest BCUT2D eigenvalue weighted by atomic mass is 19.1. The average Bonchev–Trinajstić information content (AvgIpc) is 2.49. The third-order valence-electron chi connectivity index (χ3n) is 3.45. The molecule has 0 atom stereocenters. The van der Waals surface area contributed by atoms with Crippen LogP contribution in [0.1, 0.15) is 16.7 Å². The van der Waals surface area contributed by atoms with Crippen LogP contribution in [0.25, 0.3) is 0 Å². The lowest BCUT2D eigenvalue weighted by atomic mass is 10.1. The number of hydrogen-bond donors (Lipinski definition) is 2. The Kier molecular flexibility index (Phi) is 5.46. The molecule has 5 heteroatoms. The molecule has 0 aliphatic carbocycles. The van der Waals surface area contributed by atoms with Crippen LogP contribution < -0.4 is 10.6 Å². The van der Waals surface area contributed by atoms with E-state index in [-0.39, 0.29) is 30.6 Å². The molecule has 0 bridgehead atoms. The molecule has 0 unspecified atom stereocenters. The van der Waals surface area contributed by atoms with Crippen LogP contribution in [0.5, 0.6) is 0 Å². The van der Waals surface area contributed by atoms with E-state index in [0.29, 0.717) is 5.56 Å². The topological polar surface area (TPSA) is 58.2 Å². The molecule has 2 N–H and O–H groups in total. The van der Waals surface area contributed by atoms with Crippen LogP contribution in [0.2, 0.25) is 0 Å². The van der Waals surface area contributed by atoms with Gasteiger partial charge in [-0.3, -0.25) is 9.59 Å². The summed E-state index contributed by atoms with van der Waals surface area (Å²) >= 11 is 0. The number of carbonyl (C=O) groups is 2. The molecule has 0 heterocycles. The van der Waals surface area contributed by atoms with Crippen LogP contribution in [0.15, 0.2) is 42.5 Å². The SMILES string of the molecule is Cc1cccc(C)c1NC(=O)CNC(=O)Cc1cccc(F)c1. The highest BCUT2D eigenvalue weighted by Gasteiger charge is 2.09. The van der Waals surface area contributed by atoms with Gasteiger partial charge >= 0.3 is 0 Å². The predicted octanol–water partition coefficient (Wildman–Crippen LogP) is 2.74. The maximum atomic E-state index is 13.1. The Morgan fingerprint density at radius 2 is 1.65 bits per heavy atom. The number of halogens is 1. The van der Waals surface area contributed by atoms with Crippen LogP contribution in [0.3, 0.4) is 0 Å². The molecule has 0 aliphatic rings. The van der Waals surface area contributed by atoms with E-state index < -0.39 is 0 Å². The molecule has 2 aromatic carbocycles. The lowest BCUT2D eigenvalue weighted by molar-refractivity contribution is -0.123. The lowest BCUT2D eigenvalue weighted by Gasteiger charge is -2.12. The molecule has 0 fully saturated rings. The van der Waals surface area contributed by atoms with E-state index in [1.54, 1.807) is 12.1 Å². The number of benzene rings is 2. The first-order chi connectivity index (χ1) is 11.0. The van der Waals surface area contributed by atoms with Gasteiger partial charge in [-0.2, -0.15) is 0 Å². The number of aryl methyl sites for hydroxylation is 2. The maximum absolute atomic E-state index is 13.1. The summed E-state index contributed by atoms with van der Waals surface area (Å²) in [5.41, 5.74) is 3.25. The van der Waals surface area contributed by atoms with Crippen molar-refractivity contribution in [2.45, 2.75) is 20.3 Å². The monoisotopic (exact) mass is 314 g/mol. The highest BCUT2D eigenvalue weighted by Crippen LogP contribution is 2.18. The fraction of sp³-hybridized carbons (Fsp3) is 0.222. The summed E-state index contributed by atoms with van der Waals surface area (Å²) in [5.74, 6) is -1.01. The molecule has 120 valence electrons. The molecule has 0 aromatic heterocycles. The van der Waals surface area contributed by atoms with Gasteiger partial charge in [0.15, 0.2) is 0 Å². The first kappa shape index (κ1) is 16.7. The third kappa shape index (κ3) is 4.92. The van der Waals surface area contributed by atoms with E-state index in [1.165, 1.54) is 12.1 Å². The van der Waals surface area contributed by atoms with Crippen molar-refractivity contribution in [3.05, 3.63) is 65.0 Å². The van der Waals surface area contributed by atoms with Crippen molar-refractivity contribution in [1.82, 2.24) is 5.32 Å². The molecule has 2 amide bonds. The Morgan fingerprint density at radius 1 is 1.00 bits per heavy atom. The molecule has 4 nitrogen and oxygen atoms in total. The minimum absolute atomic E-state index is 0.0361. The van der Waals surface area contributed by atoms with Gasteiger partial charge in [-0.05, 0) is 42.7 Å². The number of carbonyl (C=O) groups excluding carboxylic acids is 2. The van der Waals surface area contributed by atoms with Crippen LogP contribution in [-0.4, -0.2) is 18.4 Å². The molecule has 0 saturated heterocycles. The zero-order chi connectivity index (χ0) is 16.8. The van der Waals surface area contributed by atoms with E-state index in [1.807, 2.05) is 32.0 Å². The van der Waals surface area contributed by atoms with Gasteiger partial charge in [0.1, 0.15) is 5.82 Å². The van der Waals surface area contributed by atoms with Gasteiger partial charge in [-0.15, -0.1) is 0 Å². The second-order valence-electron chi connectivity index (χ2n) is 5.40. The normalized spacial score (nSPS) is 10.2. The van der Waals surface area contributed by atoms with Crippen molar-refractivity contribution in [1.29, 1.82) is 0 Å². The first-order valence-corrected chi connectivity index (χ1v) is 7.33. The number of anilines is 1. The summed E-state index contributed by atoms with van der Waals surface area (Å²) in [7, 11) is 0. The molecule has 0 aliphatic heterocycles. The number of amides is 2. The summed E-state index contributed by atoms with van der Waals surface area (Å²) in [5, 5.41) is 5.33. The Morgan fingerprint density at radius 3 is 2.30 bits per heavy atom. The van der Waals surface area contributed by atoms with Gasteiger partial charge in [0, 0.05) is 5.69 Å². The second kappa shape index (κ2) is 7.54. The molecule has 2 rings (SSSR count).